The maximum Gasteiger partial charge on any atom is 0.251 e. The lowest BCUT2D eigenvalue weighted by Gasteiger charge is -2.44. The van der Waals surface area contributed by atoms with E-state index in [-0.39, 0.29) is 5.91 Å². The lowest BCUT2D eigenvalue weighted by Crippen LogP contribution is -2.57. The number of carbonyl (C=O) groups excluding carboxylic acids is 1. The van der Waals surface area contributed by atoms with Crippen molar-refractivity contribution >= 4 is 27.5 Å². The van der Waals surface area contributed by atoms with Gasteiger partial charge in [-0.3, -0.25) is 4.79 Å². The molecule has 1 aromatic carbocycles. The molecule has 4 heterocycles. The minimum atomic E-state index is 0.0404. The van der Waals surface area contributed by atoms with Crippen molar-refractivity contribution in [2.24, 2.45) is 5.92 Å². The number of fused-ring (bicyclic) bond motifs is 4. The number of benzene rings is 1. The van der Waals surface area contributed by atoms with Crippen LogP contribution in [0.1, 0.15) is 23.2 Å². The van der Waals surface area contributed by atoms with Crippen molar-refractivity contribution in [2.75, 3.05) is 19.6 Å². The van der Waals surface area contributed by atoms with E-state index in [2.05, 4.69) is 15.2 Å². The molecule has 5 rings (SSSR count). The van der Waals surface area contributed by atoms with Gasteiger partial charge in [0.15, 0.2) is 0 Å². The van der Waals surface area contributed by atoms with Gasteiger partial charge < -0.3 is 10.2 Å². The zero-order valence-electron chi connectivity index (χ0n) is 11.2. The number of amides is 1. The van der Waals surface area contributed by atoms with Crippen LogP contribution in [0.25, 0.3) is 10.2 Å². The molecule has 1 aromatic heterocycles. The van der Waals surface area contributed by atoms with Crippen molar-refractivity contribution < 1.29 is 4.79 Å². The van der Waals surface area contributed by atoms with Crippen molar-refractivity contribution in [1.29, 1.82) is 0 Å². The van der Waals surface area contributed by atoms with Gasteiger partial charge in [0.05, 0.1) is 15.7 Å². The largest absolute Gasteiger partial charge is 0.348 e. The Morgan fingerprint density at radius 2 is 2.20 bits per heavy atom. The molecule has 0 radical (unpaired) electrons. The number of nitrogens with one attached hydrogen (secondary N) is 1. The van der Waals surface area contributed by atoms with Gasteiger partial charge in [-0.1, -0.05) is 0 Å². The lowest BCUT2D eigenvalue weighted by atomic mass is 9.84. The highest BCUT2D eigenvalue weighted by molar-refractivity contribution is 7.16. The maximum absolute atomic E-state index is 12.4. The molecule has 104 valence electrons. The summed E-state index contributed by atoms with van der Waals surface area (Å²) >= 11 is 1.60. The molecule has 3 fully saturated rings. The van der Waals surface area contributed by atoms with E-state index in [0.29, 0.717) is 12.0 Å². The molecular formula is C15H17N3OS. The van der Waals surface area contributed by atoms with Gasteiger partial charge in [0.2, 0.25) is 0 Å². The number of carbonyl (C=O) groups is 1. The highest BCUT2D eigenvalue weighted by atomic mass is 32.1. The molecule has 0 aliphatic carbocycles. The number of hydrogen-bond donors (Lipinski definition) is 1. The van der Waals surface area contributed by atoms with Gasteiger partial charge in [0.1, 0.15) is 0 Å². The van der Waals surface area contributed by atoms with Crippen LogP contribution in [-0.4, -0.2) is 41.5 Å². The van der Waals surface area contributed by atoms with Gasteiger partial charge in [0.25, 0.3) is 5.91 Å². The average Bonchev–Trinajstić information content (AvgIpc) is 2.96. The van der Waals surface area contributed by atoms with Crippen molar-refractivity contribution in [3.8, 4) is 0 Å². The average molecular weight is 287 g/mol. The van der Waals surface area contributed by atoms with Crippen LogP contribution in [-0.2, 0) is 0 Å². The quantitative estimate of drug-likeness (QED) is 0.920. The van der Waals surface area contributed by atoms with Crippen LogP contribution in [0.15, 0.2) is 23.7 Å². The Labute approximate surface area is 121 Å². The zero-order chi connectivity index (χ0) is 13.5. The molecule has 4 nitrogen and oxygen atoms in total. The van der Waals surface area contributed by atoms with E-state index in [1.165, 1.54) is 25.9 Å². The van der Waals surface area contributed by atoms with Crippen molar-refractivity contribution in [3.05, 3.63) is 29.3 Å². The normalized spacial score (nSPS) is 28.7. The Morgan fingerprint density at radius 3 is 2.95 bits per heavy atom. The summed E-state index contributed by atoms with van der Waals surface area (Å²) in [5.41, 5.74) is 3.45. The maximum atomic E-state index is 12.4. The van der Waals surface area contributed by atoms with Gasteiger partial charge in [-0.2, -0.15) is 0 Å². The van der Waals surface area contributed by atoms with E-state index in [0.717, 1.165) is 22.3 Å². The Bertz CT molecular complexity index is 645. The molecule has 3 aliphatic heterocycles. The third-order valence-electron chi connectivity index (χ3n) is 4.57. The second-order valence-corrected chi connectivity index (χ2v) is 6.64. The highest BCUT2D eigenvalue weighted by Gasteiger charge is 2.34. The van der Waals surface area contributed by atoms with Crippen LogP contribution in [0.3, 0.4) is 0 Å². The van der Waals surface area contributed by atoms with Gasteiger partial charge in [-0.15, -0.1) is 11.3 Å². The first-order valence-electron chi connectivity index (χ1n) is 7.16. The third-order valence-corrected chi connectivity index (χ3v) is 5.38. The van der Waals surface area contributed by atoms with Crippen LogP contribution < -0.4 is 5.32 Å². The summed E-state index contributed by atoms with van der Waals surface area (Å²) in [6.45, 7) is 3.40. The van der Waals surface area contributed by atoms with E-state index in [9.17, 15) is 4.79 Å². The molecule has 0 saturated carbocycles. The Balaban J connectivity index is 1.52. The minimum absolute atomic E-state index is 0.0404. The number of rotatable bonds is 2. The van der Waals surface area contributed by atoms with Crippen LogP contribution >= 0.6 is 11.3 Å². The molecule has 20 heavy (non-hydrogen) atoms. The van der Waals surface area contributed by atoms with Gasteiger partial charge in [0, 0.05) is 18.2 Å². The minimum Gasteiger partial charge on any atom is -0.348 e. The summed E-state index contributed by atoms with van der Waals surface area (Å²) in [7, 11) is 0. The van der Waals surface area contributed by atoms with Gasteiger partial charge in [-0.25, -0.2) is 4.98 Å². The number of piperidine rings is 3. The zero-order valence-corrected chi connectivity index (χ0v) is 12.0. The molecule has 3 saturated heterocycles. The molecule has 5 heteroatoms. The van der Waals surface area contributed by atoms with Crippen molar-refractivity contribution in [1.82, 2.24) is 15.2 Å². The van der Waals surface area contributed by atoms with E-state index in [4.69, 9.17) is 0 Å². The molecule has 3 aliphatic rings. The highest BCUT2D eigenvalue weighted by Crippen LogP contribution is 2.27. The van der Waals surface area contributed by atoms with E-state index in [1.54, 1.807) is 11.3 Å². The first-order chi connectivity index (χ1) is 9.79. The van der Waals surface area contributed by atoms with E-state index in [1.807, 2.05) is 23.7 Å². The molecule has 0 spiro atoms. The van der Waals surface area contributed by atoms with Crippen molar-refractivity contribution in [3.63, 3.8) is 0 Å². The Morgan fingerprint density at radius 1 is 1.35 bits per heavy atom. The topological polar surface area (TPSA) is 45.2 Å². The van der Waals surface area contributed by atoms with Crippen molar-refractivity contribution in [2.45, 2.75) is 18.9 Å². The van der Waals surface area contributed by atoms with E-state index >= 15 is 0 Å². The molecule has 1 amide bonds. The fourth-order valence-corrected chi connectivity index (χ4v) is 4.04. The molecule has 2 bridgehead atoms. The fraction of sp³-hybridized carbons (Fsp3) is 0.467. The predicted octanol–water partition coefficient (Wildman–Crippen LogP) is 2.12. The Kier molecular flexibility index (Phi) is 2.97. The number of nitrogens with zero attached hydrogens (tertiary/aromatic N) is 2. The van der Waals surface area contributed by atoms with Crippen LogP contribution in [0.2, 0.25) is 0 Å². The summed E-state index contributed by atoms with van der Waals surface area (Å²) in [6, 6.07) is 6.09. The molecule has 2 aromatic rings. The number of thiazole rings is 1. The summed E-state index contributed by atoms with van der Waals surface area (Å²) in [5.74, 6) is 0.700. The van der Waals surface area contributed by atoms with Crippen LogP contribution in [0, 0.1) is 5.92 Å². The fourth-order valence-electron chi connectivity index (χ4n) is 3.38. The molecular weight excluding hydrogens is 270 g/mol. The van der Waals surface area contributed by atoms with Gasteiger partial charge >= 0.3 is 0 Å². The summed E-state index contributed by atoms with van der Waals surface area (Å²) < 4.78 is 1.13. The summed E-state index contributed by atoms with van der Waals surface area (Å²) in [4.78, 5) is 19.1. The van der Waals surface area contributed by atoms with E-state index < -0.39 is 0 Å². The SMILES string of the molecule is O=C(N[C@@H]1CN2CCC1CC2)c1ccc2scnc2c1. The third kappa shape index (κ3) is 2.11. The second kappa shape index (κ2) is 4.82. The van der Waals surface area contributed by atoms with Gasteiger partial charge in [-0.05, 0) is 50.0 Å². The number of aromatic nitrogens is 1. The molecule has 1 N–H and O–H groups in total. The molecule has 0 unspecified atom stereocenters. The predicted molar refractivity (Wildman–Crippen MR) is 80.0 cm³/mol. The lowest BCUT2D eigenvalue weighted by molar-refractivity contribution is 0.0620. The summed E-state index contributed by atoms with van der Waals surface area (Å²) in [6.07, 6.45) is 2.44. The Hall–Kier alpha value is -1.46. The standard InChI is InChI=1S/C15H17N3OS/c19-15(11-1-2-14-12(7-11)16-9-20-14)17-13-8-18-5-3-10(13)4-6-18/h1-2,7,9-10,13H,3-6,8H2,(H,17,19)/t13-/m1/s1. The second-order valence-electron chi connectivity index (χ2n) is 5.75. The van der Waals surface area contributed by atoms with Crippen LogP contribution in [0.5, 0.6) is 0 Å². The smallest absolute Gasteiger partial charge is 0.251 e. The monoisotopic (exact) mass is 287 g/mol. The first-order valence-corrected chi connectivity index (χ1v) is 8.04. The van der Waals surface area contributed by atoms with Crippen LogP contribution in [0.4, 0.5) is 0 Å². The summed E-state index contributed by atoms with van der Waals surface area (Å²) in [5, 5.41) is 3.22. The number of hydrogen-bond acceptors (Lipinski definition) is 4. The molecule has 1 atom stereocenters. The first kappa shape index (κ1) is 12.3.